The molecule has 1 amide bonds. The van der Waals surface area contributed by atoms with Gasteiger partial charge in [0.25, 0.3) is 0 Å². The lowest BCUT2D eigenvalue weighted by Crippen LogP contribution is -2.36. The van der Waals surface area contributed by atoms with E-state index in [1.54, 1.807) is 6.07 Å². The van der Waals surface area contributed by atoms with E-state index in [2.05, 4.69) is 10.2 Å². The summed E-state index contributed by atoms with van der Waals surface area (Å²) in [5.74, 6) is 0.460. The van der Waals surface area contributed by atoms with Gasteiger partial charge in [-0.2, -0.15) is 0 Å². The molecular formula is C18H28N2O6S. The van der Waals surface area contributed by atoms with Crippen molar-refractivity contribution >= 4 is 27.1 Å². The normalized spacial score (nSPS) is 15.9. The van der Waals surface area contributed by atoms with E-state index in [1.807, 2.05) is 19.9 Å². The molecule has 1 atom stereocenters. The monoisotopic (exact) mass is 400 g/mol. The van der Waals surface area contributed by atoms with Crippen LogP contribution in [0.5, 0.6) is 11.5 Å². The van der Waals surface area contributed by atoms with Crippen LogP contribution in [0.1, 0.15) is 20.8 Å². The van der Waals surface area contributed by atoms with Gasteiger partial charge in [-0.1, -0.05) is 0 Å². The number of rotatable bonds is 8. The predicted octanol–water partition coefficient (Wildman–Crippen LogP) is 1.69. The summed E-state index contributed by atoms with van der Waals surface area (Å²) in [5.41, 5.74) is 1.25. The molecule has 1 aromatic rings. The fraction of sp³-hybridized carbons (Fsp3) is 0.611. The van der Waals surface area contributed by atoms with Crippen LogP contribution < -0.4 is 19.7 Å². The lowest BCUT2D eigenvalue weighted by molar-refractivity contribution is -0.115. The molecule has 0 aliphatic carbocycles. The van der Waals surface area contributed by atoms with E-state index in [4.69, 9.17) is 14.2 Å². The van der Waals surface area contributed by atoms with Crippen LogP contribution in [0.2, 0.25) is 0 Å². The number of carbonyl (C=O) groups is 1. The summed E-state index contributed by atoms with van der Waals surface area (Å²) in [7, 11) is -3.50. The largest absolute Gasteiger partial charge is 0.492 e. The average molecular weight is 400 g/mol. The molecule has 1 saturated heterocycles. The molecule has 9 heteroatoms. The van der Waals surface area contributed by atoms with Crippen LogP contribution in [0.4, 0.5) is 11.4 Å². The first kappa shape index (κ1) is 21.3. The van der Waals surface area contributed by atoms with E-state index in [-0.39, 0.29) is 0 Å². The van der Waals surface area contributed by atoms with Gasteiger partial charge in [0.1, 0.15) is 16.7 Å². The zero-order valence-corrected chi connectivity index (χ0v) is 17.1. The molecule has 0 spiro atoms. The average Bonchev–Trinajstić information content (AvgIpc) is 2.63. The minimum Gasteiger partial charge on any atom is -0.492 e. The van der Waals surface area contributed by atoms with Crippen LogP contribution >= 0.6 is 0 Å². The van der Waals surface area contributed by atoms with E-state index in [0.717, 1.165) is 25.0 Å². The second-order valence-corrected chi connectivity index (χ2v) is 8.61. The molecule has 0 aromatic heterocycles. The van der Waals surface area contributed by atoms with Crippen molar-refractivity contribution in [1.29, 1.82) is 0 Å². The third-order valence-corrected chi connectivity index (χ3v) is 5.78. The lowest BCUT2D eigenvalue weighted by Gasteiger charge is -2.31. The summed E-state index contributed by atoms with van der Waals surface area (Å²) >= 11 is 0. The molecule has 0 bridgehead atoms. The van der Waals surface area contributed by atoms with Gasteiger partial charge in [-0.25, -0.2) is 8.42 Å². The third-order valence-electron chi connectivity index (χ3n) is 4.28. The maximum atomic E-state index is 12.4. The van der Waals surface area contributed by atoms with Gasteiger partial charge in [0, 0.05) is 31.5 Å². The first-order chi connectivity index (χ1) is 12.8. The molecule has 1 unspecified atom stereocenters. The van der Waals surface area contributed by atoms with Gasteiger partial charge < -0.3 is 24.4 Å². The third kappa shape index (κ3) is 5.49. The lowest BCUT2D eigenvalue weighted by atomic mass is 10.2. The Kier molecular flexibility index (Phi) is 7.32. The highest BCUT2D eigenvalue weighted by atomic mass is 32.2. The molecule has 0 saturated carbocycles. The highest BCUT2D eigenvalue weighted by molar-refractivity contribution is 7.92. The van der Waals surface area contributed by atoms with Crippen LogP contribution in [0.15, 0.2) is 12.1 Å². The maximum absolute atomic E-state index is 12.4. The molecule has 1 aliphatic rings. The summed E-state index contributed by atoms with van der Waals surface area (Å²) in [6.07, 6.45) is 1.04. The van der Waals surface area contributed by atoms with Crippen molar-refractivity contribution < 1.29 is 27.4 Å². The van der Waals surface area contributed by atoms with Crippen molar-refractivity contribution in [3.8, 4) is 11.5 Å². The molecular weight excluding hydrogens is 372 g/mol. The van der Waals surface area contributed by atoms with E-state index in [0.29, 0.717) is 43.6 Å². The zero-order valence-electron chi connectivity index (χ0n) is 16.3. The minimum absolute atomic E-state index is 0.387. The van der Waals surface area contributed by atoms with Crippen LogP contribution in [-0.4, -0.2) is 65.3 Å². The van der Waals surface area contributed by atoms with E-state index in [9.17, 15) is 13.2 Å². The fourth-order valence-electron chi connectivity index (χ4n) is 2.67. The summed E-state index contributed by atoms with van der Waals surface area (Å²) in [6, 6.07) is 3.51. The van der Waals surface area contributed by atoms with E-state index >= 15 is 0 Å². The Balaban J connectivity index is 2.40. The second kappa shape index (κ2) is 9.27. The number of amides is 1. The number of hydrogen-bond acceptors (Lipinski definition) is 7. The quantitative estimate of drug-likeness (QED) is 0.710. The number of ether oxygens (including phenoxy) is 3. The van der Waals surface area contributed by atoms with Gasteiger partial charge in [0.2, 0.25) is 5.91 Å². The van der Waals surface area contributed by atoms with Gasteiger partial charge in [-0.15, -0.1) is 0 Å². The molecule has 0 radical (unpaired) electrons. The predicted molar refractivity (Wildman–Crippen MR) is 105 cm³/mol. The molecule has 27 heavy (non-hydrogen) atoms. The van der Waals surface area contributed by atoms with Crippen LogP contribution in [0.25, 0.3) is 0 Å². The number of nitrogens with one attached hydrogen (secondary N) is 1. The van der Waals surface area contributed by atoms with Crippen molar-refractivity contribution in [2.45, 2.75) is 26.0 Å². The number of sulfone groups is 1. The summed E-state index contributed by atoms with van der Waals surface area (Å²) in [4.78, 5) is 14.5. The number of nitrogens with zero attached hydrogens (tertiary/aromatic N) is 1. The standard InChI is InChI=1S/C18H28N2O6S/c1-5-25-16-12-15(20-7-9-24-10-8-20)17(26-6-2)11-14(16)19-18(21)13(3)27(4,22)23/h11-13H,5-10H2,1-4H3,(H,19,21). The molecule has 1 fully saturated rings. The van der Waals surface area contributed by atoms with Crippen LogP contribution in [0.3, 0.4) is 0 Å². The highest BCUT2D eigenvalue weighted by Crippen LogP contribution is 2.39. The molecule has 1 aliphatic heterocycles. The van der Waals surface area contributed by atoms with Crippen molar-refractivity contribution in [3.63, 3.8) is 0 Å². The van der Waals surface area contributed by atoms with Crippen LogP contribution in [-0.2, 0) is 19.4 Å². The molecule has 2 rings (SSSR count). The SMILES string of the molecule is CCOc1cc(N2CCOCC2)c(OCC)cc1NC(=O)C(C)S(C)(=O)=O. The smallest absolute Gasteiger partial charge is 0.242 e. The Bertz CT molecular complexity index is 759. The van der Waals surface area contributed by atoms with Gasteiger partial charge in [-0.3, -0.25) is 4.79 Å². The number of hydrogen-bond donors (Lipinski definition) is 1. The van der Waals surface area contributed by atoms with Crippen molar-refractivity contribution in [1.82, 2.24) is 0 Å². The second-order valence-electron chi connectivity index (χ2n) is 6.24. The Morgan fingerprint density at radius 3 is 2.33 bits per heavy atom. The number of morpholine rings is 1. The summed E-state index contributed by atoms with van der Waals surface area (Å²) in [5, 5.41) is 1.50. The molecule has 152 valence electrons. The minimum atomic E-state index is -3.50. The number of benzene rings is 1. The topological polar surface area (TPSA) is 94.2 Å². The number of carbonyl (C=O) groups excluding carboxylic acids is 1. The molecule has 8 nitrogen and oxygen atoms in total. The first-order valence-corrected chi connectivity index (χ1v) is 11.0. The van der Waals surface area contributed by atoms with Crippen LogP contribution in [0, 0.1) is 0 Å². The Morgan fingerprint density at radius 1 is 1.19 bits per heavy atom. The maximum Gasteiger partial charge on any atom is 0.242 e. The summed E-state index contributed by atoms with van der Waals surface area (Å²) in [6.45, 7) is 8.64. The van der Waals surface area contributed by atoms with Gasteiger partial charge >= 0.3 is 0 Å². The molecule has 1 aromatic carbocycles. The van der Waals surface area contributed by atoms with Crippen molar-refractivity contribution in [2.75, 3.05) is 56.0 Å². The van der Waals surface area contributed by atoms with E-state index in [1.165, 1.54) is 6.92 Å². The molecule has 1 N–H and O–H groups in total. The van der Waals surface area contributed by atoms with Gasteiger partial charge in [0.15, 0.2) is 9.84 Å². The Hall–Kier alpha value is -2.00. The Labute approximate surface area is 160 Å². The number of anilines is 2. The zero-order chi connectivity index (χ0) is 20.0. The first-order valence-electron chi connectivity index (χ1n) is 9.04. The fourth-order valence-corrected chi connectivity index (χ4v) is 3.12. The van der Waals surface area contributed by atoms with Gasteiger partial charge in [-0.05, 0) is 20.8 Å². The Morgan fingerprint density at radius 2 is 1.78 bits per heavy atom. The summed E-state index contributed by atoms with van der Waals surface area (Å²) < 4.78 is 40.2. The van der Waals surface area contributed by atoms with Crippen molar-refractivity contribution in [3.05, 3.63) is 12.1 Å². The molecule has 1 heterocycles. The van der Waals surface area contributed by atoms with E-state index < -0.39 is 21.0 Å². The van der Waals surface area contributed by atoms with Gasteiger partial charge in [0.05, 0.1) is 37.8 Å². The van der Waals surface area contributed by atoms with Crippen molar-refractivity contribution in [2.24, 2.45) is 0 Å². The highest BCUT2D eigenvalue weighted by Gasteiger charge is 2.26.